The molecule has 0 atom stereocenters. The average Bonchev–Trinajstić information content (AvgIpc) is 3.25. The zero-order valence-electron chi connectivity index (χ0n) is 16.0. The molecule has 1 aromatic heterocycles. The number of hydrogen-bond donors (Lipinski definition) is 2. The van der Waals surface area contributed by atoms with Gasteiger partial charge < -0.3 is 5.32 Å². The first-order valence-electron chi connectivity index (χ1n) is 9.27. The Bertz CT molecular complexity index is 1410. The second-order valence-electron chi connectivity index (χ2n) is 7.02. The lowest BCUT2D eigenvalue weighted by Crippen LogP contribution is -2.35. The molecule has 30 heavy (non-hydrogen) atoms. The first-order chi connectivity index (χ1) is 14.4. The third-order valence-electron chi connectivity index (χ3n) is 4.97. The summed E-state index contributed by atoms with van der Waals surface area (Å²) in [6, 6.07) is 17.6. The largest absolute Gasteiger partial charge is 0.324 e. The van der Waals surface area contributed by atoms with Gasteiger partial charge in [0.1, 0.15) is 12.4 Å². The summed E-state index contributed by atoms with van der Waals surface area (Å²) in [6.45, 7) is 1.48. The molecule has 0 spiro atoms. The molecular weight excluding hydrogens is 402 g/mol. The maximum atomic E-state index is 13.0. The number of nitrogens with one attached hydrogen (secondary N) is 2. The fourth-order valence-electron chi connectivity index (χ4n) is 3.67. The molecule has 3 aromatic carbocycles. The van der Waals surface area contributed by atoms with Crippen molar-refractivity contribution in [2.24, 2.45) is 0 Å². The summed E-state index contributed by atoms with van der Waals surface area (Å²) in [5.74, 6) is 0.770. The number of anilines is 2. The van der Waals surface area contributed by atoms with Gasteiger partial charge >= 0.3 is 0 Å². The zero-order valence-corrected chi connectivity index (χ0v) is 16.8. The maximum absolute atomic E-state index is 13.0. The van der Waals surface area contributed by atoms with E-state index in [1.165, 1.54) is 0 Å². The third-order valence-corrected chi connectivity index (χ3v) is 6.77. The van der Waals surface area contributed by atoms with Crippen LogP contribution in [0.2, 0.25) is 0 Å². The van der Waals surface area contributed by atoms with Crippen LogP contribution in [0, 0.1) is 6.92 Å². The number of aromatic amines is 1. The van der Waals surface area contributed by atoms with Gasteiger partial charge in [-0.25, -0.2) is 13.4 Å². The summed E-state index contributed by atoms with van der Waals surface area (Å²) < 4.78 is 27.2. The Balaban J connectivity index is 1.41. The fraction of sp³-hybridized carbons (Fsp3) is 0.0952. The van der Waals surface area contributed by atoms with Crippen molar-refractivity contribution in [2.45, 2.75) is 11.8 Å². The molecular formula is C21H17N5O3S. The molecule has 4 aromatic rings. The van der Waals surface area contributed by atoms with E-state index in [9.17, 15) is 13.2 Å². The standard InChI is InChI=1S/C21H17N5O3S/c1-13-22-21(25-24-13)15-7-2-8-16(11-15)23-19(27)12-26-17-9-3-5-14-6-4-10-18(20(14)17)30(26,28)29/h2-11H,12H2,1H3,(H,23,27)(H,22,24,25). The van der Waals surface area contributed by atoms with Gasteiger partial charge in [0.25, 0.3) is 10.0 Å². The quantitative estimate of drug-likeness (QED) is 0.528. The van der Waals surface area contributed by atoms with Crippen LogP contribution >= 0.6 is 0 Å². The summed E-state index contributed by atoms with van der Waals surface area (Å²) >= 11 is 0. The van der Waals surface area contributed by atoms with Crippen molar-refractivity contribution >= 4 is 38.1 Å². The van der Waals surface area contributed by atoms with Crippen molar-refractivity contribution in [3.8, 4) is 11.4 Å². The van der Waals surface area contributed by atoms with Crippen LogP contribution in [-0.4, -0.2) is 36.1 Å². The maximum Gasteiger partial charge on any atom is 0.265 e. The molecule has 0 bridgehead atoms. The molecule has 0 radical (unpaired) electrons. The van der Waals surface area contributed by atoms with E-state index in [1.807, 2.05) is 18.2 Å². The van der Waals surface area contributed by atoms with Crippen LogP contribution in [0.15, 0.2) is 65.6 Å². The van der Waals surface area contributed by atoms with Gasteiger partial charge in [0, 0.05) is 16.6 Å². The average molecular weight is 419 g/mol. The number of hydrogen-bond acceptors (Lipinski definition) is 5. The third kappa shape index (κ3) is 2.91. The summed E-state index contributed by atoms with van der Waals surface area (Å²) in [5.41, 5.74) is 1.79. The molecule has 2 N–H and O–H groups in total. The summed E-state index contributed by atoms with van der Waals surface area (Å²) in [7, 11) is -3.79. The van der Waals surface area contributed by atoms with Crippen LogP contribution in [0.1, 0.15) is 5.82 Å². The Morgan fingerprint density at radius 3 is 2.63 bits per heavy atom. The molecule has 8 nitrogen and oxygen atoms in total. The molecule has 2 heterocycles. The number of aryl methyl sites for hydroxylation is 1. The number of rotatable bonds is 4. The minimum atomic E-state index is -3.79. The normalized spacial score (nSPS) is 14.2. The Morgan fingerprint density at radius 1 is 1.10 bits per heavy atom. The van der Waals surface area contributed by atoms with Gasteiger partial charge in [0.15, 0.2) is 5.82 Å². The van der Waals surface area contributed by atoms with Crippen LogP contribution in [0.5, 0.6) is 0 Å². The van der Waals surface area contributed by atoms with Crippen molar-refractivity contribution in [3.63, 3.8) is 0 Å². The van der Waals surface area contributed by atoms with Crippen LogP contribution < -0.4 is 9.62 Å². The second-order valence-corrected chi connectivity index (χ2v) is 8.85. The minimum Gasteiger partial charge on any atom is -0.324 e. The van der Waals surface area contributed by atoms with E-state index < -0.39 is 15.9 Å². The molecule has 9 heteroatoms. The van der Waals surface area contributed by atoms with Crippen molar-refractivity contribution in [1.29, 1.82) is 0 Å². The predicted octanol–water partition coefficient (Wildman–Crippen LogP) is 3.08. The molecule has 0 saturated carbocycles. The predicted molar refractivity (Wildman–Crippen MR) is 114 cm³/mol. The molecule has 0 aliphatic carbocycles. The molecule has 5 rings (SSSR count). The molecule has 0 saturated heterocycles. The van der Waals surface area contributed by atoms with E-state index in [0.29, 0.717) is 28.4 Å². The summed E-state index contributed by atoms with van der Waals surface area (Å²) in [4.78, 5) is 17.2. The number of nitrogens with zero attached hydrogens (tertiary/aromatic N) is 3. The van der Waals surface area contributed by atoms with Crippen molar-refractivity contribution in [2.75, 3.05) is 16.2 Å². The van der Waals surface area contributed by atoms with Crippen LogP contribution in [0.3, 0.4) is 0 Å². The summed E-state index contributed by atoms with van der Waals surface area (Å²) in [6.07, 6.45) is 0. The van der Waals surface area contributed by atoms with Crippen molar-refractivity contribution in [3.05, 3.63) is 66.5 Å². The minimum absolute atomic E-state index is 0.227. The number of sulfonamides is 1. The van der Waals surface area contributed by atoms with Crippen LogP contribution in [0.25, 0.3) is 22.2 Å². The highest BCUT2D eigenvalue weighted by atomic mass is 32.2. The Labute approximate surface area is 172 Å². The smallest absolute Gasteiger partial charge is 0.265 e. The van der Waals surface area contributed by atoms with E-state index in [4.69, 9.17) is 0 Å². The van der Waals surface area contributed by atoms with Gasteiger partial charge in [0.05, 0.1) is 10.6 Å². The lowest BCUT2D eigenvalue weighted by atomic mass is 10.1. The van der Waals surface area contributed by atoms with Gasteiger partial charge in [-0.2, -0.15) is 5.10 Å². The fourth-order valence-corrected chi connectivity index (χ4v) is 5.33. The van der Waals surface area contributed by atoms with Gasteiger partial charge in [0.2, 0.25) is 5.91 Å². The SMILES string of the molecule is Cc1nc(-c2cccc(NC(=O)CN3c4cccc5cccc(c45)S3(=O)=O)c2)n[nH]1. The lowest BCUT2D eigenvalue weighted by Gasteiger charge is -2.18. The number of carbonyl (C=O) groups is 1. The molecule has 0 fully saturated rings. The monoisotopic (exact) mass is 419 g/mol. The highest BCUT2D eigenvalue weighted by Crippen LogP contribution is 2.41. The Kier molecular flexibility index (Phi) is 4.07. The van der Waals surface area contributed by atoms with Gasteiger partial charge in [-0.1, -0.05) is 36.4 Å². The van der Waals surface area contributed by atoms with E-state index in [2.05, 4.69) is 20.5 Å². The topological polar surface area (TPSA) is 108 Å². The van der Waals surface area contributed by atoms with Crippen molar-refractivity contribution in [1.82, 2.24) is 15.2 Å². The van der Waals surface area contributed by atoms with E-state index >= 15 is 0 Å². The zero-order chi connectivity index (χ0) is 20.9. The second kappa shape index (κ2) is 6.67. The molecule has 1 amide bonds. The highest BCUT2D eigenvalue weighted by Gasteiger charge is 2.36. The van der Waals surface area contributed by atoms with Gasteiger partial charge in [-0.05, 0) is 36.6 Å². The van der Waals surface area contributed by atoms with E-state index in [-0.39, 0.29) is 11.4 Å². The number of amides is 1. The number of aromatic nitrogens is 3. The van der Waals surface area contributed by atoms with Crippen LogP contribution in [-0.2, 0) is 14.8 Å². The first-order valence-corrected chi connectivity index (χ1v) is 10.7. The van der Waals surface area contributed by atoms with Crippen LogP contribution in [0.4, 0.5) is 11.4 Å². The van der Waals surface area contributed by atoms with Crippen molar-refractivity contribution < 1.29 is 13.2 Å². The van der Waals surface area contributed by atoms with E-state index in [1.54, 1.807) is 49.4 Å². The number of carbonyl (C=O) groups excluding carboxylic acids is 1. The van der Waals surface area contributed by atoms with Gasteiger partial charge in [-0.3, -0.25) is 14.2 Å². The molecule has 150 valence electrons. The molecule has 0 unspecified atom stereocenters. The first kappa shape index (κ1) is 18.3. The number of benzene rings is 3. The lowest BCUT2D eigenvalue weighted by molar-refractivity contribution is -0.114. The summed E-state index contributed by atoms with van der Waals surface area (Å²) in [5, 5.41) is 11.1. The van der Waals surface area contributed by atoms with E-state index in [0.717, 1.165) is 15.3 Å². The molecule has 1 aliphatic rings. The Morgan fingerprint density at radius 2 is 1.87 bits per heavy atom. The Hall–Kier alpha value is -3.72. The highest BCUT2D eigenvalue weighted by molar-refractivity contribution is 7.93. The number of H-pyrrole nitrogens is 1. The van der Waals surface area contributed by atoms with Gasteiger partial charge in [-0.15, -0.1) is 0 Å². The molecule has 1 aliphatic heterocycles.